The largest absolute Gasteiger partial charge is 0.264 e. The quantitative estimate of drug-likeness (QED) is 0.728. The summed E-state index contributed by atoms with van der Waals surface area (Å²) in [5.74, 6) is 0. The number of hydrogen-bond donors (Lipinski definition) is 1. The topological polar surface area (TPSA) is 72.0 Å². The van der Waals surface area contributed by atoms with Gasteiger partial charge in [0.05, 0.1) is 10.6 Å². The van der Waals surface area contributed by atoms with Gasteiger partial charge in [-0.1, -0.05) is 12.1 Å². The molecule has 0 aliphatic rings. The third-order valence-electron chi connectivity index (χ3n) is 4.84. The summed E-state index contributed by atoms with van der Waals surface area (Å²) in [6.07, 6.45) is 5.11. The molecular weight excluding hydrogens is 358 g/mol. The van der Waals surface area contributed by atoms with Gasteiger partial charge in [-0.15, -0.1) is 0 Å². The van der Waals surface area contributed by atoms with Crippen molar-refractivity contribution in [2.24, 2.45) is 0 Å². The van der Waals surface area contributed by atoms with Crippen molar-refractivity contribution < 1.29 is 8.42 Å². The van der Waals surface area contributed by atoms with Crippen LogP contribution in [0.2, 0.25) is 0 Å². The number of nitrogens with zero attached hydrogens (tertiary/aromatic N) is 2. The Morgan fingerprint density at radius 3 is 2.26 bits per heavy atom. The van der Waals surface area contributed by atoms with E-state index in [-0.39, 0.29) is 6.54 Å². The molecule has 0 saturated heterocycles. The van der Waals surface area contributed by atoms with Crippen molar-refractivity contribution >= 4 is 10.0 Å². The number of benzene rings is 1. The van der Waals surface area contributed by atoms with Gasteiger partial charge in [-0.25, -0.2) is 13.1 Å². The van der Waals surface area contributed by atoms with Crippen LogP contribution >= 0.6 is 0 Å². The Balaban J connectivity index is 1.95. The molecule has 0 aliphatic heterocycles. The summed E-state index contributed by atoms with van der Waals surface area (Å²) in [5.41, 5.74) is 5.88. The molecule has 1 N–H and O–H groups in total. The van der Waals surface area contributed by atoms with Crippen LogP contribution in [0.5, 0.6) is 0 Å². The van der Waals surface area contributed by atoms with Gasteiger partial charge < -0.3 is 0 Å². The first-order valence-electron chi connectivity index (χ1n) is 8.72. The van der Waals surface area contributed by atoms with E-state index in [1.807, 2.05) is 52.0 Å². The zero-order valence-corrected chi connectivity index (χ0v) is 16.8. The number of nitrogens with one attached hydrogen (secondary N) is 1. The smallest absolute Gasteiger partial charge is 0.241 e. The average molecular weight is 382 g/mol. The zero-order valence-electron chi connectivity index (χ0n) is 15.9. The van der Waals surface area contributed by atoms with E-state index >= 15 is 0 Å². The summed E-state index contributed by atoms with van der Waals surface area (Å²) in [6, 6.07) is 9.44. The molecule has 0 atom stereocenters. The molecule has 140 valence electrons. The minimum absolute atomic E-state index is 0.159. The molecule has 2 heterocycles. The first-order valence-corrected chi connectivity index (χ1v) is 10.2. The molecule has 1 aromatic carbocycles. The Labute approximate surface area is 160 Å². The highest BCUT2D eigenvalue weighted by Gasteiger charge is 2.22. The highest BCUT2D eigenvalue weighted by Crippen LogP contribution is 2.26. The molecule has 0 amide bonds. The monoisotopic (exact) mass is 381 g/mol. The first-order chi connectivity index (χ1) is 12.8. The van der Waals surface area contributed by atoms with E-state index in [2.05, 4.69) is 14.7 Å². The van der Waals surface area contributed by atoms with Gasteiger partial charge in [0.25, 0.3) is 0 Å². The van der Waals surface area contributed by atoms with Crippen LogP contribution in [0, 0.1) is 27.7 Å². The van der Waals surface area contributed by atoms with Gasteiger partial charge in [0, 0.05) is 30.7 Å². The van der Waals surface area contributed by atoms with E-state index in [1.54, 1.807) is 24.7 Å². The summed E-state index contributed by atoms with van der Waals surface area (Å²) in [7, 11) is -3.66. The zero-order chi connectivity index (χ0) is 19.6. The molecule has 3 aromatic rings. The second-order valence-electron chi connectivity index (χ2n) is 6.67. The molecule has 0 spiro atoms. The molecule has 5 nitrogen and oxygen atoms in total. The molecule has 27 heavy (non-hydrogen) atoms. The predicted octanol–water partition coefficient (Wildman–Crippen LogP) is 3.86. The summed E-state index contributed by atoms with van der Waals surface area (Å²) in [5, 5.41) is 0. The van der Waals surface area contributed by atoms with Crippen molar-refractivity contribution in [2.45, 2.75) is 39.1 Å². The molecule has 0 fully saturated rings. The Morgan fingerprint density at radius 2 is 1.63 bits per heavy atom. The highest BCUT2D eigenvalue weighted by molar-refractivity contribution is 7.89. The van der Waals surface area contributed by atoms with Gasteiger partial charge in [-0.3, -0.25) is 9.97 Å². The summed E-state index contributed by atoms with van der Waals surface area (Å²) < 4.78 is 28.9. The van der Waals surface area contributed by atoms with E-state index in [4.69, 9.17) is 0 Å². The van der Waals surface area contributed by atoms with Gasteiger partial charge in [0.15, 0.2) is 0 Å². The molecule has 6 heteroatoms. The maximum Gasteiger partial charge on any atom is 0.241 e. The lowest BCUT2D eigenvalue weighted by atomic mass is 10.0. The highest BCUT2D eigenvalue weighted by atomic mass is 32.2. The molecule has 2 aromatic heterocycles. The van der Waals surface area contributed by atoms with E-state index in [1.165, 1.54) is 0 Å². The summed E-state index contributed by atoms with van der Waals surface area (Å²) in [6.45, 7) is 7.72. The molecule has 0 aliphatic carbocycles. The first kappa shape index (κ1) is 19.2. The third-order valence-corrected chi connectivity index (χ3v) is 6.52. The van der Waals surface area contributed by atoms with Crippen LogP contribution in [0.15, 0.2) is 53.8 Å². The average Bonchev–Trinajstić information content (AvgIpc) is 2.66. The molecule has 0 radical (unpaired) electrons. The van der Waals surface area contributed by atoms with Gasteiger partial charge in [0.1, 0.15) is 0 Å². The second-order valence-corrected chi connectivity index (χ2v) is 8.37. The van der Waals surface area contributed by atoms with Crippen LogP contribution in [0.1, 0.15) is 27.8 Å². The van der Waals surface area contributed by atoms with Crippen LogP contribution in [0.3, 0.4) is 0 Å². The minimum atomic E-state index is -3.66. The van der Waals surface area contributed by atoms with E-state index in [0.717, 1.165) is 39.1 Å². The summed E-state index contributed by atoms with van der Waals surface area (Å²) >= 11 is 0. The van der Waals surface area contributed by atoms with Crippen LogP contribution < -0.4 is 4.72 Å². The van der Waals surface area contributed by atoms with Crippen molar-refractivity contribution in [2.75, 3.05) is 0 Å². The van der Waals surface area contributed by atoms with E-state index in [0.29, 0.717) is 4.90 Å². The molecule has 0 saturated carbocycles. The second kappa shape index (κ2) is 7.58. The maximum absolute atomic E-state index is 13.1. The fraction of sp³-hybridized carbons (Fsp3) is 0.238. The summed E-state index contributed by atoms with van der Waals surface area (Å²) in [4.78, 5) is 8.90. The SMILES string of the molecule is Cc1cc(C)c(C)c(S(=O)(=O)NCc2cccnc2-c2cccnc2)c1C. The Hall–Kier alpha value is -2.57. The van der Waals surface area contributed by atoms with Gasteiger partial charge in [0.2, 0.25) is 10.0 Å². The number of aryl methyl sites for hydroxylation is 2. The lowest BCUT2D eigenvalue weighted by molar-refractivity contribution is 0.579. The standard InChI is InChI=1S/C21H23N3O2S/c1-14-11-15(2)17(4)21(16(14)3)27(25,26)24-13-19-8-6-10-23-20(19)18-7-5-9-22-12-18/h5-12,24H,13H2,1-4H3. The van der Waals surface area contributed by atoms with Crippen molar-refractivity contribution in [3.8, 4) is 11.3 Å². The maximum atomic E-state index is 13.1. The van der Waals surface area contributed by atoms with Gasteiger partial charge in [-0.2, -0.15) is 0 Å². The Kier molecular flexibility index (Phi) is 5.39. The van der Waals surface area contributed by atoms with Crippen LogP contribution in [-0.2, 0) is 16.6 Å². The minimum Gasteiger partial charge on any atom is -0.264 e. The van der Waals surface area contributed by atoms with Crippen molar-refractivity contribution in [1.82, 2.24) is 14.7 Å². The van der Waals surface area contributed by atoms with Gasteiger partial charge in [-0.05, 0) is 73.7 Å². The van der Waals surface area contributed by atoms with Crippen molar-refractivity contribution in [1.29, 1.82) is 0 Å². The number of hydrogen-bond acceptors (Lipinski definition) is 4. The van der Waals surface area contributed by atoms with Crippen LogP contribution in [0.25, 0.3) is 11.3 Å². The number of aromatic nitrogens is 2. The van der Waals surface area contributed by atoms with Crippen molar-refractivity contribution in [3.63, 3.8) is 0 Å². The third kappa shape index (κ3) is 3.91. The molecule has 0 unspecified atom stereocenters. The lowest BCUT2D eigenvalue weighted by Crippen LogP contribution is -2.25. The number of pyridine rings is 2. The fourth-order valence-corrected chi connectivity index (χ4v) is 4.79. The number of rotatable bonds is 5. The van der Waals surface area contributed by atoms with Gasteiger partial charge >= 0.3 is 0 Å². The van der Waals surface area contributed by atoms with Crippen molar-refractivity contribution in [3.05, 3.63) is 76.7 Å². The Morgan fingerprint density at radius 1 is 0.963 bits per heavy atom. The van der Waals surface area contributed by atoms with E-state index in [9.17, 15) is 8.42 Å². The predicted molar refractivity (Wildman–Crippen MR) is 107 cm³/mol. The van der Waals surface area contributed by atoms with E-state index < -0.39 is 10.0 Å². The fourth-order valence-electron chi connectivity index (χ4n) is 3.17. The lowest BCUT2D eigenvalue weighted by Gasteiger charge is -2.17. The van der Waals surface area contributed by atoms with Crippen LogP contribution in [-0.4, -0.2) is 18.4 Å². The Bertz CT molecular complexity index is 1050. The van der Waals surface area contributed by atoms with Crippen LogP contribution in [0.4, 0.5) is 0 Å². The normalized spacial score (nSPS) is 11.6. The molecule has 0 bridgehead atoms. The molecular formula is C21H23N3O2S. The molecule has 3 rings (SSSR count). The number of sulfonamides is 1.